The van der Waals surface area contributed by atoms with Crippen LogP contribution in [-0.2, 0) is 16.1 Å². The molecule has 3 aromatic rings. The topological polar surface area (TPSA) is 104 Å². The van der Waals surface area contributed by atoms with Crippen molar-refractivity contribution >= 4 is 33.7 Å². The largest absolute Gasteiger partial charge is 0.412 e. The van der Waals surface area contributed by atoms with E-state index in [0.717, 1.165) is 29.3 Å². The number of ether oxygens (including phenoxy) is 1. The Balaban J connectivity index is 1.79. The number of nitrogens with zero attached hydrogens (tertiary/aromatic N) is 3. The fourth-order valence-electron chi connectivity index (χ4n) is 2.98. The number of fused-ring (bicyclic) bond motifs is 3. The summed E-state index contributed by atoms with van der Waals surface area (Å²) in [4.78, 5) is 26.7. The molecular formula is C21H27N5O3. The van der Waals surface area contributed by atoms with Crippen molar-refractivity contribution in [1.82, 2.24) is 20.0 Å². The van der Waals surface area contributed by atoms with Crippen molar-refractivity contribution < 1.29 is 14.4 Å². The number of benzene rings is 1. The highest BCUT2D eigenvalue weighted by atomic mass is 16.7. The Morgan fingerprint density at radius 1 is 1.28 bits per heavy atom. The number of unbranched alkanes of at least 4 members (excludes halogenated alkanes) is 1. The Bertz CT molecular complexity index is 1030. The van der Waals surface area contributed by atoms with Crippen LogP contribution >= 0.6 is 0 Å². The van der Waals surface area contributed by atoms with Gasteiger partial charge in [-0.15, -0.1) is 0 Å². The fourth-order valence-corrected chi connectivity index (χ4v) is 2.98. The summed E-state index contributed by atoms with van der Waals surface area (Å²) in [5.74, 6) is 0.878. The number of carbonyl (C=O) groups is 1. The molecule has 0 spiro atoms. The van der Waals surface area contributed by atoms with Crippen LogP contribution in [-0.4, -0.2) is 40.4 Å². The summed E-state index contributed by atoms with van der Waals surface area (Å²) in [6, 6.07) is 7.75. The molecule has 3 N–H and O–H groups in total. The average molecular weight is 397 g/mol. The van der Waals surface area contributed by atoms with Crippen molar-refractivity contribution in [2.24, 2.45) is 0 Å². The van der Waals surface area contributed by atoms with Gasteiger partial charge >= 0.3 is 0 Å². The summed E-state index contributed by atoms with van der Waals surface area (Å²) in [7, 11) is 0. The van der Waals surface area contributed by atoms with E-state index in [0.29, 0.717) is 49.1 Å². The summed E-state index contributed by atoms with van der Waals surface area (Å²) < 4.78 is 7.26. The second-order valence-corrected chi connectivity index (χ2v) is 6.75. The zero-order chi connectivity index (χ0) is 20.8. The van der Waals surface area contributed by atoms with Crippen LogP contribution in [0.15, 0.2) is 36.4 Å². The van der Waals surface area contributed by atoms with Gasteiger partial charge in [0, 0.05) is 24.1 Å². The second-order valence-electron chi connectivity index (χ2n) is 6.75. The highest BCUT2D eigenvalue weighted by molar-refractivity contribution is 6.06. The first-order chi connectivity index (χ1) is 14.0. The summed E-state index contributed by atoms with van der Waals surface area (Å²) >= 11 is 0. The minimum Gasteiger partial charge on any atom is -0.412 e. The zero-order valence-electron chi connectivity index (χ0n) is 16.9. The highest BCUT2D eigenvalue weighted by Crippen LogP contribution is 2.28. The van der Waals surface area contributed by atoms with Crippen LogP contribution in [0.2, 0.25) is 0 Å². The molecule has 154 valence electrons. The van der Waals surface area contributed by atoms with E-state index in [-0.39, 0.29) is 5.91 Å². The number of hydrogen-bond donors (Lipinski definition) is 2. The molecule has 0 aliphatic carbocycles. The van der Waals surface area contributed by atoms with E-state index in [1.54, 1.807) is 11.7 Å². The third-order valence-electron chi connectivity index (χ3n) is 4.45. The molecule has 2 aromatic heterocycles. The molecule has 29 heavy (non-hydrogen) atoms. The number of rotatable bonds is 10. The van der Waals surface area contributed by atoms with E-state index in [1.807, 2.05) is 31.2 Å². The van der Waals surface area contributed by atoms with Crippen LogP contribution < -0.4 is 15.9 Å². The molecule has 8 heteroatoms. The van der Waals surface area contributed by atoms with Gasteiger partial charge < -0.3 is 20.6 Å². The lowest BCUT2D eigenvalue weighted by Gasteiger charge is -2.12. The second kappa shape index (κ2) is 9.38. The van der Waals surface area contributed by atoms with Gasteiger partial charge in [0.2, 0.25) is 5.91 Å². The van der Waals surface area contributed by atoms with Crippen LogP contribution in [0, 0.1) is 0 Å². The van der Waals surface area contributed by atoms with E-state index in [1.165, 1.54) is 0 Å². The SMILES string of the molecule is C=C(C)C(=O)NCCCCOn1c(COCC)nc2c(N)nc3ccccc3c21. The first-order valence-electron chi connectivity index (χ1n) is 9.73. The molecule has 0 fully saturated rings. The molecule has 1 aromatic carbocycles. The number of nitrogens with one attached hydrogen (secondary N) is 1. The van der Waals surface area contributed by atoms with Crippen LogP contribution in [0.25, 0.3) is 21.9 Å². The predicted molar refractivity (Wildman–Crippen MR) is 113 cm³/mol. The number of pyridine rings is 1. The number of nitrogens with two attached hydrogens (primary N) is 1. The summed E-state index contributed by atoms with van der Waals surface area (Å²) in [5.41, 5.74) is 8.83. The van der Waals surface area contributed by atoms with Gasteiger partial charge in [-0.2, -0.15) is 4.73 Å². The molecule has 0 aliphatic rings. The number of aromatic nitrogens is 3. The number of amides is 1. The molecule has 0 bridgehead atoms. The third-order valence-corrected chi connectivity index (χ3v) is 4.45. The molecule has 0 aliphatic heterocycles. The van der Waals surface area contributed by atoms with E-state index >= 15 is 0 Å². The maximum Gasteiger partial charge on any atom is 0.246 e. The minimum atomic E-state index is -0.125. The lowest BCUT2D eigenvalue weighted by molar-refractivity contribution is -0.117. The highest BCUT2D eigenvalue weighted by Gasteiger charge is 2.18. The fraction of sp³-hybridized carbons (Fsp3) is 0.381. The van der Waals surface area contributed by atoms with Crippen molar-refractivity contribution in [3.63, 3.8) is 0 Å². The zero-order valence-corrected chi connectivity index (χ0v) is 16.9. The Morgan fingerprint density at radius 2 is 2.07 bits per heavy atom. The Hall–Kier alpha value is -3.13. The van der Waals surface area contributed by atoms with Crippen molar-refractivity contribution in [1.29, 1.82) is 0 Å². The number of imidazole rings is 1. The maximum atomic E-state index is 11.5. The smallest absolute Gasteiger partial charge is 0.246 e. The number of nitrogen functional groups attached to an aromatic ring is 1. The van der Waals surface area contributed by atoms with Gasteiger partial charge in [-0.1, -0.05) is 24.8 Å². The molecule has 1 amide bonds. The van der Waals surface area contributed by atoms with Crippen molar-refractivity contribution in [3.8, 4) is 0 Å². The van der Waals surface area contributed by atoms with E-state index < -0.39 is 0 Å². The summed E-state index contributed by atoms with van der Waals surface area (Å²) in [6.45, 7) is 9.16. The number of anilines is 1. The molecule has 8 nitrogen and oxygen atoms in total. The van der Waals surface area contributed by atoms with E-state index in [9.17, 15) is 4.79 Å². The van der Waals surface area contributed by atoms with Crippen molar-refractivity contribution in [3.05, 3.63) is 42.2 Å². The van der Waals surface area contributed by atoms with Gasteiger partial charge in [-0.25, -0.2) is 9.97 Å². The standard InChI is InChI=1S/C21H27N5O3/c1-4-28-13-17-25-18-19(15-9-5-6-10-16(15)24-20(18)22)26(17)29-12-8-7-11-23-21(27)14(2)3/h5-6,9-10H,2,4,7-8,11-13H2,1,3H3,(H2,22,24)(H,23,27). The number of carbonyl (C=O) groups excluding carboxylic acids is 1. The summed E-state index contributed by atoms with van der Waals surface area (Å²) in [6.07, 6.45) is 1.56. The van der Waals surface area contributed by atoms with Gasteiger partial charge in [0.05, 0.1) is 5.52 Å². The molecule has 0 saturated heterocycles. The maximum absolute atomic E-state index is 11.5. The molecule has 0 atom stereocenters. The Labute approximate surface area is 169 Å². The Morgan fingerprint density at radius 3 is 2.83 bits per heavy atom. The monoisotopic (exact) mass is 397 g/mol. The lowest BCUT2D eigenvalue weighted by Crippen LogP contribution is -2.25. The first-order valence-corrected chi connectivity index (χ1v) is 9.73. The van der Waals surface area contributed by atoms with E-state index in [2.05, 4.69) is 21.9 Å². The van der Waals surface area contributed by atoms with Gasteiger partial charge in [-0.3, -0.25) is 4.79 Å². The van der Waals surface area contributed by atoms with Gasteiger partial charge in [0.25, 0.3) is 0 Å². The number of hydrogen-bond acceptors (Lipinski definition) is 6. The van der Waals surface area contributed by atoms with E-state index in [4.69, 9.17) is 15.3 Å². The summed E-state index contributed by atoms with van der Waals surface area (Å²) in [5, 5.41) is 3.74. The molecule has 3 rings (SSSR count). The number of para-hydroxylation sites is 1. The molecule has 2 heterocycles. The van der Waals surface area contributed by atoms with Gasteiger partial charge in [-0.05, 0) is 32.8 Å². The van der Waals surface area contributed by atoms with Crippen LogP contribution in [0.4, 0.5) is 5.82 Å². The van der Waals surface area contributed by atoms with Crippen LogP contribution in [0.3, 0.4) is 0 Å². The third kappa shape index (κ3) is 4.65. The van der Waals surface area contributed by atoms with Gasteiger partial charge in [0.1, 0.15) is 24.2 Å². The average Bonchev–Trinajstić information content (AvgIpc) is 3.08. The molecule has 0 unspecified atom stereocenters. The van der Waals surface area contributed by atoms with Gasteiger partial charge in [0.15, 0.2) is 11.6 Å². The molecule has 0 saturated carbocycles. The predicted octanol–water partition coefficient (Wildman–Crippen LogP) is 2.60. The first kappa shape index (κ1) is 20.6. The van der Waals surface area contributed by atoms with Crippen molar-refractivity contribution in [2.45, 2.75) is 33.3 Å². The van der Waals surface area contributed by atoms with Crippen LogP contribution in [0.1, 0.15) is 32.5 Å². The van der Waals surface area contributed by atoms with Crippen molar-refractivity contribution in [2.75, 3.05) is 25.5 Å². The normalized spacial score (nSPS) is 11.1. The molecule has 0 radical (unpaired) electrons. The quantitative estimate of drug-likeness (QED) is 0.402. The van der Waals surface area contributed by atoms with Crippen LogP contribution in [0.5, 0.6) is 0 Å². The molecular weight excluding hydrogens is 370 g/mol. The lowest BCUT2D eigenvalue weighted by atomic mass is 10.2. The minimum absolute atomic E-state index is 0.125. The Kier molecular flexibility index (Phi) is 6.66.